The van der Waals surface area contributed by atoms with Crippen LogP contribution in [0.4, 0.5) is 0 Å². The maximum absolute atomic E-state index is 2.49. The van der Waals surface area contributed by atoms with Crippen LogP contribution in [0, 0.1) is 5.41 Å². The highest BCUT2D eigenvalue weighted by atomic mass is 32.2. The maximum atomic E-state index is 2.49. The van der Waals surface area contributed by atoms with E-state index in [0.29, 0.717) is 19.7 Å². The highest BCUT2D eigenvalue weighted by Crippen LogP contribution is 2.53. The molecule has 0 nitrogen and oxygen atoms in total. The van der Waals surface area contributed by atoms with Crippen LogP contribution in [0.15, 0.2) is 0 Å². The SMILES string of the molecule is CC(C)(CC1CS1)SC(C)(C)CC(C)(C)C(C)(C)SCC1CS1. The molecule has 2 heterocycles. The average Bonchev–Trinajstić information content (AvgIpc) is 3.17. The number of thioether (sulfide) groups is 4. The number of rotatable bonds is 10. The molecule has 2 fully saturated rings. The smallest absolute Gasteiger partial charge is 0.0229 e. The summed E-state index contributed by atoms with van der Waals surface area (Å²) in [7, 11) is 0. The van der Waals surface area contributed by atoms with Gasteiger partial charge >= 0.3 is 0 Å². The Bertz CT molecular complexity index is 404. The molecule has 4 heteroatoms. The topological polar surface area (TPSA) is 0 Å². The van der Waals surface area contributed by atoms with Gasteiger partial charge in [0.25, 0.3) is 0 Å². The molecule has 2 aliphatic rings. The van der Waals surface area contributed by atoms with E-state index < -0.39 is 0 Å². The van der Waals surface area contributed by atoms with Crippen LogP contribution < -0.4 is 0 Å². The molecule has 136 valence electrons. The minimum atomic E-state index is 0.332. The van der Waals surface area contributed by atoms with Gasteiger partial charge < -0.3 is 0 Å². The fourth-order valence-electron chi connectivity index (χ4n) is 3.50. The monoisotopic (exact) mass is 392 g/mol. The van der Waals surface area contributed by atoms with Gasteiger partial charge in [0.1, 0.15) is 0 Å². The third kappa shape index (κ3) is 6.90. The average molecular weight is 393 g/mol. The van der Waals surface area contributed by atoms with Crippen molar-refractivity contribution in [2.24, 2.45) is 5.41 Å². The minimum Gasteiger partial charge on any atom is -0.157 e. The van der Waals surface area contributed by atoms with Crippen LogP contribution in [-0.2, 0) is 0 Å². The molecule has 0 N–H and O–H groups in total. The van der Waals surface area contributed by atoms with Crippen molar-refractivity contribution < 1.29 is 0 Å². The van der Waals surface area contributed by atoms with Crippen molar-refractivity contribution in [3.63, 3.8) is 0 Å². The first kappa shape index (κ1) is 20.7. The van der Waals surface area contributed by atoms with Crippen LogP contribution in [-0.4, -0.2) is 42.0 Å². The molecule has 2 unspecified atom stereocenters. The highest BCUT2D eigenvalue weighted by molar-refractivity contribution is 8.09. The molecule has 2 atom stereocenters. The van der Waals surface area contributed by atoms with E-state index in [0.717, 1.165) is 10.5 Å². The van der Waals surface area contributed by atoms with Crippen molar-refractivity contribution in [1.29, 1.82) is 0 Å². The van der Waals surface area contributed by atoms with Crippen molar-refractivity contribution in [1.82, 2.24) is 0 Å². The Morgan fingerprint density at radius 1 is 0.826 bits per heavy atom. The molecule has 0 bridgehead atoms. The van der Waals surface area contributed by atoms with E-state index in [-0.39, 0.29) is 0 Å². The molecular weight excluding hydrogens is 356 g/mol. The fraction of sp³-hybridized carbons (Fsp3) is 1.00. The molecule has 0 saturated carbocycles. The second-order valence-corrected chi connectivity index (χ2v) is 16.3. The van der Waals surface area contributed by atoms with Gasteiger partial charge in [0.15, 0.2) is 0 Å². The van der Waals surface area contributed by atoms with Crippen LogP contribution in [0.2, 0.25) is 0 Å². The number of hydrogen-bond donors (Lipinski definition) is 0. The predicted octanol–water partition coefficient (Wildman–Crippen LogP) is 6.83. The van der Waals surface area contributed by atoms with Crippen LogP contribution in [0.25, 0.3) is 0 Å². The molecule has 0 radical (unpaired) electrons. The van der Waals surface area contributed by atoms with Gasteiger partial charge in [-0.15, -0.1) is 11.8 Å². The zero-order valence-corrected chi connectivity index (χ0v) is 19.6. The lowest BCUT2D eigenvalue weighted by Gasteiger charge is -2.47. The molecule has 23 heavy (non-hydrogen) atoms. The van der Waals surface area contributed by atoms with Gasteiger partial charge in [0, 0.05) is 42.0 Å². The van der Waals surface area contributed by atoms with E-state index in [1.54, 1.807) is 0 Å². The summed E-state index contributed by atoms with van der Waals surface area (Å²) >= 11 is 8.69. The van der Waals surface area contributed by atoms with Crippen molar-refractivity contribution in [3.05, 3.63) is 0 Å². The maximum Gasteiger partial charge on any atom is 0.0229 e. The molecule has 2 saturated heterocycles. The van der Waals surface area contributed by atoms with Crippen molar-refractivity contribution in [2.75, 3.05) is 17.3 Å². The van der Waals surface area contributed by atoms with E-state index in [4.69, 9.17) is 0 Å². The van der Waals surface area contributed by atoms with Gasteiger partial charge in [-0.25, -0.2) is 0 Å². The summed E-state index contributed by atoms with van der Waals surface area (Å²) in [5, 5.41) is 1.87. The van der Waals surface area contributed by atoms with Crippen LogP contribution in [0.5, 0.6) is 0 Å². The Balaban J connectivity index is 1.92. The first-order chi connectivity index (χ1) is 10.3. The lowest BCUT2D eigenvalue weighted by Crippen LogP contribution is -2.42. The van der Waals surface area contributed by atoms with E-state index in [2.05, 4.69) is 102 Å². The van der Waals surface area contributed by atoms with Crippen LogP contribution in [0.3, 0.4) is 0 Å². The molecule has 2 aliphatic heterocycles. The third-order valence-corrected chi connectivity index (χ3v) is 10.6. The molecular formula is C19H36S4. The second kappa shape index (κ2) is 7.19. The molecule has 0 spiro atoms. The highest BCUT2D eigenvalue weighted by Gasteiger charge is 2.44. The predicted molar refractivity (Wildman–Crippen MR) is 118 cm³/mol. The van der Waals surface area contributed by atoms with Gasteiger partial charge in [-0.3, -0.25) is 0 Å². The summed E-state index contributed by atoms with van der Waals surface area (Å²) in [6.07, 6.45) is 2.65. The Morgan fingerprint density at radius 2 is 1.35 bits per heavy atom. The van der Waals surface area contributed by atoms with Gasteiger partial charge in [-0.05, 0) is 18.3 Å². The normalized spacial score (nSPS) is 25.6. The zero-order chi connectivity index (χ0) is 17.5. The third-order valence-electron chi connectivity index (χ3n) is 5.20. The fourth-order valence-corrected chi connectivity index (χ4v) is 8.78. The first-order valence-corrected chi connectivity index (χ1v) is 12.8. The van der Waals surface area contributed by atoms with Gasteiger partial charge in [0.05, 0.1) is 0 Å². The van der Waals surface area contributed by atoms with E-state index >= 15 is 0 Å². The van der Waals surface area contributed by atoms with Gasteiger partial charge in [-0.1, -0.05) is 55.4 Å². The quantitative estimate of drug-likeness (QED) is 0.374. The molecule has 2 rings (SSSR count). The zero-order valence-electron chi connectivity index (χ0n) is 16.3. The van der Waals surface area contributed by atoms with Crippen molar-refractivity contribution in [3.8, 4) is 0 Å². The Labute approximate surface area is 162 Å². The Kier molecular flexibility index (Phi) is 6.48. The summed E-state index contributed by atoms with van der Waals surface area (Å²) in [5.41, 5.74) is 0.345. The molecule has 0 aromatic rings. The summed E-state index contributed by atoms with van der Waals surface area (Å²) in [4.78, 5) is 0. The Morgan fingerprint density at radius 3 is 1.83 bits per heavy atom. The van der Waals surface area contributed by atoms with E-state index in [9.17, 15) is 0 Å². The molecule has 0 aliphatic carbocycles. The molecule has 0 aromatic carbocycles. The second-order valence-electron chi connectivity index (χ2n) is 9.62. The lowest BCUT2D eigenvalue weighted by molar-refractivity contribution is 0.238. The standard InChI is InChI=1S/C19H36S4/c1-16(2,19(7,8)22-12-15-11-21-15)13-18(5,6)23-17(3,4)9-14-10-20-14/h14-15H,9-13H2,1-8H3. The Hall–Kier alpha value is 1.40. The van der Waals surface area contributed by atoms with E-state index in [1.165, 1.54) is 30.1 Å². The minimum absolute atomic E-state index is 0.332. The molecule has 0 aromatic heterocycles. The first-order valence-electron chi connectivity index (χ1n) is 8.89. The van der Waals surface area contributed by atoms with Crippen molar-refractivity contribution in [2.45, 2.75) is 93.0 Å². The van der Waals surface area contributed by atoms with Gasteiger partial charge in [-0.2, -0.15) is 35.3 Å². The molecule has 0 amide bonds. The lowest BCUT2D eigenvalue weighted by atomic mass is 9.74. The number of hydrogen-bond acceptors (Lipinski definition) is 4. The largest absolute Gasteiger partial charge is 0.157 e. The van der Waals surface area contributed by atoms with Gasteiger partial charge in [0.2, 0.25) is 0 Å². The summed E-state index contributed by atoms with van der Waals surface area (Å²) in [5.74, 6) is 4.11. The summed E-state index contributed by atoms with van der Waals surface area (Å²) in [6, 6.07) is 0. The summed E-state index contributed by atoms with van der Waals surface area (Å²) < 4.78 is 1.07. The van der Waals surface area contributed by atoms with Crippen LogP contribution in [0.1, 0.15) is 68.2 Å². The van der Waals surface area contributed by atoms with Crippen LogP contribution >= 0.6 is 47.0 Å². The van der Waals surface area contributed by atoms with Crippen molar-refractivity contribution >= 4 is 47.0 Å². The summed E-state index contributed by atoms with van der Waals surface area (Å²) in [6.45, 7) is 19.8. The van der Waals surface area contributed by atoms with E-state index in [1.807, 2.05) is 0 Å².